The minimum atomic E-state index is -0.390. The van der Waals surface area contributed by atoms with Crippen molar-refractivity contribution in [2.45, 2.75) is 13.0 Å². The normalized spacial score (nSPS) is 11.3. The number of rotatable bonds is 4. The summed E-state index contributed by atoms with van der Waals surface area (Å²) < 4.78 is 5.65. The molecule has 0 fully saturated rings. The zero-order chi connectivity index (χ0) is 20.1. The number of carbonyl (C=O) groups is 1. The Morgan fingerprint density at radius 2 is 1.96 bits per heavy atom. The number of aromatic nitrogens is 1. The molecule has 1 unspecified atom stereocenters. The van der Waals surface area contributed by atoms with Gasteiger partial charge < -0.3 is 10.1 Å². The van der Waals surface area contributed by atoms with Crippen molar-refractivity contribution in [1.82, 2.24) is 10.3 Å². The molecule has 3 rings (SSSR count). The van der Waals surface area contributed by atoms with E-state index in [0.29, 0.717) is 31.4 Å². The third-order valence-electron chi connectivity index (χ3n) is 3.42. The predicted molar refractivity (Wildman–Crippen MR) is 114 cm³/mol. The van der Waals surface area contributed by atoms with E-state index in [1.54, 1.807) is 49.5 Å². The van der Waals surface area contributed by atoms with Crippen LogP contribution < -0.4 is 10.1 Å². The number of nitrogens with zero attached hydrogens (tertiary/aromatic N) is 1. The Morgan fingerprint density at radius 1 is 1.18 bits per heavy atom. The molecule has 1 amide bonds. The molecule has 0 aliphatic heterocycles. The lowest BCUT2D eigenvalue weighted by Crippen LogP contribution is -2.31. The SMILES string of the molecule is CC(C#Cc1cnc(Oc2cccc(Cl)c2)s1)NC(=O)c1ccc(Cl)cc1Cl. The van der Waals surface area contributed by atoms with Crippen LogP contribution in [0.2, 0.25) is 15.1 Å². The van der Waals surface area contributed by atoms with Gasteiger partial charge in [-0.3, -0.25) is 4.79 Å². The van der Waals surface area contributed by atoms with E-state index < -0.39 is 6.04 Å². The summed E-state index contributed by atoms with van der Waals surface area (Å²) in [6, 6.07) is 11.4. The average molecular weight is 452 g/mol. The largest absolute Gasteiger partial charge is 0.431 e. The topological polar surface area (TPSA) is 51.2 Å². The number of hydrogen-bond donors (Lipinski definition) is 1. The van der Waals surface area contributed by atoms with Gasteiger partial charge in [0.05, 0.1) is 22.8 Å². The van der Waals surface area contributed by atoms with E-state index in [2.05, 4.69) is 22.1 Å². The maximum absolute atomic E-state index is 12.3. The van der Waals surface area contributed by atoms with E-state index in [4.69, 9.17) is 39.5 Å². The van der Waals surface area contributed by atoms with Crippen LogP contribution in [0.15, 0.2) is 48.7 Å². The Bertz CT molecular complexity index is 1070. The molecule has 0 saturated heterocycles. The third-order valence-corrected chi connectivity index (χ3v) is 4.99. The monoisotopic (exact) mass is 450 g/mol. The summed E-state index contributed by atoms with van der Waals surface area (Å²) in [7, 11) is 0. The van der Waals surface area contributed by atoms with Crippen LogP contribution in [0.25, 0.3) is 0 Å². The summed E-state index contributed by atoms with van der Waals surface area (Å²) in [6.07, 6.45) is 1.61. The number of hydrogen-bond acceptors (Lipinski definition) is 4. The van der Waals surface area contributed by atoms with Gasteiger partial charge in [-0.2, -0.15) is 0 Å². The summed E-state index contributed by atoms with van der Waals surface area (Å²) in [4.78, 5) is 17.2. The third kappa shape index (κ3) is 5.63. The predicted octanol–water partition coefficient (Wildman–Crippen LogP) is 6.07. The summed E-state index contributed by atoms with van der Waals surface area (Å²) >= 11 is 19.1. The fourth-order valence-corrected chi connectivity index (χ4v) is 3.48. The second-order valence-corrected chi connectivity index (χ2v) is 7.91. The van der Waals surface area contributed by atoms with Crippen molar-refractivity contribution in [2.24, 2.45) is 0 Å². The van der Waals surface area contributed by atoms with Gasteiger partial charge in [0.25, 0.3) is 11.1 Å². The van der Waals surface area contributed by atoms with Crippen LogP contribution in [0, 0.1) is 11.8 Å². The quantitative estimate of drug-likeness (QED) is 0.490. The van der Waals surface area contributed by atoms with E-state index >= 15 is 0 Å². The van der Waals surface area contributed by atoms with Crippen LogP contribution in [-0.4, -0.2) is 16.9 Å². The molecule has 28 heavy (non-hydrogen) atoms. The average Bonchev–Trinajstić information content (AvgIpc) is 3.07. The Morgan fingerprint density at radius 3 is 2.71 bits per heavy atom. The number of amides is 1. The summed E-state index contributed by atoms with van der Waals surface area (Å²) in [6.45, 7) is 1.78. The van der Waals surface area contributed by atoms with Gasteiger partial charge in [0.15, 0.2) is 0 Å². The molecule has 8 heteroatoms. The first-order chi connectivity index (χ1) is 13.4. The van der Waals surface area contributed by atoms with Crippen molar-refractivity contribution in [3.05, 3.63) is 74.2 Å². The highest BCUT2D eigenvalue weighted by atomic mass is 35.5. The number of thiazole rings is 1. The van der Waals surface area contributed by atoms with Crippen molar-refractivity contribution >= 4 is 52.0 Å². The first kappa shape index (κ1) is 20.5. The maximum atomic E-state index is 12.3. The lowest BCUT2D eigenvalue weighted by Gasteiger charge is -2.09. The number of ether oxygens (including phenoxy) is 1. The molecule has 0 spiro atoms. The summed E-state index contributed by atoms with van der Waals surface area (Å²) in [5, 5.41) is 4.57. The molecule has 142 valence electrons. The Hall–Kier alpha value is -2.23. The van der Waals surface area contributed by atoms with E-state index in [9.17, 15) is 4.79 Å². The zero-order valence-electron chi connectivity index (χ0n) is 14.5. The van der Waals surface area contributed by atoms with Crippen LogP contribution in [0.5, 0.6) is 10.9 Å². The van der Waals surface area contributed by atoms with E-state index in [1.807, 2.05) is 0 Å². The fraction of sp³-hybridized carbons (Fsp3) is 0.100. The molecule has 2 aromatic carbocycles. The molecule has 0 radical (unpaired) electrons. The first-order valence-electron chi connectivity index (χ1n) is 8.07. The van der Waals surface area contributed by atoms with Gasteiger partial charge in [0, 0.05) is 10.0 Å². The molecular formula is C20H13Cl3N2O2S. The highest BCUT2D eigenvalue weighted by Crippen LogP contribution is 2.27. The maximum Gasteiger partial charge on any atom is 0.279 e. The Labute approximate surface area is 181 Å². The van der Waals surface area contributed by atoms with Gasteiger partial charge >= 0.3 is 0 Å². The standard InChI is InChI=1S/C20H13Cl3N2O2S/c1-12(25-19(26)17-8-6-14(22)10-18(17)23)5-7-16-11-24-20(28-16)27-15-4-2-3-13(21)9-15/h2-4,6,8-12H,1H3,(H,25,26). The summed E-state index contributed by atoms with van der Waals surface area (Å²) in [5.41, 5.74) is 0.342. The van der Waals surface area contributed by atoms with Gasteiger partial charge in [0.2, 0.25) is 0 Å². The zero-order valence-corrected chi connectivity index (χ0v) is 17.6. The molecule has 3 aromatic rings. The number of nitrogens with one attached hydrogen (secondary N) is 1. The molecule has 4 nitrogen and oxygen atoms in total. The summed E-state index contributed by atoms with van der Waals surface area (Å²) in [5.74, 6) is 6.21. The molecule has 0 aliphatic carbocycles. The van der Waals surface area contributed by atoms with Gasteiger partial charge in [-0.05, 0) is 43.3 Å². The lowest BCUT2D eigenvalue weighted by atomic mass is 10.2. The smallest absolute Gasteiger partial charge is 0.279 e. The highest BCUT2D eigenvalue weighted by molar-refractivity contribution is 7.13. The molecule has 1 heterocycles. The number of benzene rings is 2. The van der Waals surface area contributed by atoms with Crippen LogP contribution in [0.4, 0.5) is 0 Å². The van der Waals surface area contributed by atoms with E-state index in [1.165, 1.54) is 17.4 Å². The molecule has 0 saturated carbocycles. The second-order valence-electron chi connectivity index (χ2n) is 5.64. The molecule has 1 atom stereocenters. The van der Waals surface area contributed by atoms with Crippen molar-refractivity contribution in [2.75, 3.05) is 0 Å². The molecule has 1 N–H and O–H groups in total. The van der Waals surface area contributed by atoms with Crippen molar-refractivity contribution < 1.29 is 9.53 Å². The first-order valence-corrected chi connectivity index (χ1v) is 10.0. The van der Waals surface area contributed by atoms with Crippen molar-refractivity contribution in [3.8, 4) is 22.8 Å². The lowest BCUT2D eigenvalue weighted by molar-refractivity contribution is 0.0948. The van der Waals surface area contributed by atoms with Gasteiger partial charge in [0.1, 0.15) is 10.6 Å². The van der Waals surface area contributed by atoms with Gasteiger partial charge in [-0.15, -0.1) is 0 Å². The van der Waals surface area contributed by atoms with Crippen molar-refractivity contribution in [3.63, 3.8) is 0 Å². The number of halogens is 3. The van der Waals surface area contributed by atoms with Gasteiger partial charge in [-0.25, -0.2) is 4.98 Å². The molecule has 1 aromatic heterocycles. The minimum absolute atomic E-state index is 0.287. The van der Waals surface area contributed by atoms with E-state index in [0.717, 1.165) is 0 Å². The fourth-order valence-electron chi connectivity index (χ4n) is 2.16. The second kappa shape index (κ2) is 9.31. The molecule has 0 bridgehead atoms. The van der Waals surface area contributed by atoms with Crippen molar-refractivity contribution in [1.29, 1.82) is 0 Å². The highest BCUT2D eigenvalue weighted by Gasteiger charge is 2.12. The van der Waals surface area contributed by atoms with Crippen LogP contribution in [0.3, 0.4) is 0 Å². The minimum Gasteiger partial charge on any atom is -0.431 e. The molecule has 0 aliphatic rings. The van der Waals surface area contributed by atoms with Crippen LogP contribution >= 0.6 is 46.1 Å². The van der Waals surface area contributed by atoms with Gasteiger partial charge in [-0.1, -0.05) is 64.0 Å². The van der Waals surface area contributed by atoms with E-state index in [-0.39, 0.29) is 10.9 Å². The number of carbonyl (C=O) groups excluding carboxylic acids is 1. The Balaban J connectivity index is 1.61. The molecular weight excluding hydrogens is 439 g/mol. The Kier molecular flexibility index (Phi) is 6.82. The van der Waals surface area contributed by atoms with Crippen LogP contribution in [-0.2, 0) is 0 Å². The van der Waals surface area contributed by atoms with Crippen LogP contribution in [0.1, 0.15) is 22.2 Å².